The van der Waals surface area contributed by atoms with Gasteiger partial charge in [0, 0.05) is 16.5 Å². The first-order chi connectivity index (χ1) is 29.0. The Morgan fingerprint density at radius 3 is 1.25 bits per heavy atom. The molecule has 0 aliphatic rings. The normalized spacial score (nSPS) is 12.1. The van der Waals surface area contributed by atoms with Gasteiger partial charge in [0.15, 0.2) is 0 Å². The Labute approximate surface area is 353 Å². The lowest BCUT2D eigenvalue weighted by molar-refractivity contribution is 0.233. The summed E-state index contributed by atoms with van der Waals surface area (Å²) >= 11 is 0. The average molecular weight is 783 g/mol. The summed E-state index contributed by atoms with van der Waals surface area (Å²) in [5, 5.41) is 11.7. The Balaban J connectivity index is 0.00000288. The highest BCUT2D eigenvalue weighted by Crippen LogP contribution is 2.38. The molecule has 0 fully saturated rings. The van der Waals surface area contributed by atoms with E-state index in [0.717, 1.165) is 65.4 Å². The molecule has 1 heterocycles. The van der Waals surface area contributed by atoms with Crippen molar-refractivity contribution in [2.24, 2.45) is 11.8 Å². The molecule has 1 aromatic heterocycles. The van der Waals surface area contributed by atoms with Crippen LogP contribution in [0.2, 0.25) is 0 Å². The highest BCUT2D eigenvalue weighted by atomic mass is 16.5. The SMILES string of the molecule is CC.CCCCC(CC)COc1ccc(-c2ccc3c(c2)c2cc(-c4ccc(OCC(CC)CCCC)cc4)ccc2n3-c2ccc(-c3ccc(C#N)cc3)cc2)cc1. The van der Waals surface area contributed by atoms with Gasteiger partial charge in [0.2, 0.25) is 0 Å². The van der Waals surface area contributed by atoms with Crippen LogP contribution in [0.5, 0.6) is 11.5 Å². The molecule has 0 bridgehead atoms. The zero-order chi connectivity index (χ0) is 41.6. The van der Waals surface area contributed by atoms with E-state index in [1.54, 1.807) is 0 Å². The Morgan fingerprint density at radius 2 is 0.864 bits per heavy atom. The van der Waals surface area contributed by atoms with Crippen molar-refractivity contribution < 1.29 is 9.47 Å². The van der Waals surface area contributed by atoms with Crippen LogP contribution in [0.15, 0.2) is 133 Å². The second kappa shape index (κ2) is 21.3. The van der Waals surface area contributed by atoms with E-state index in [2.05, 4.69) is 148 Å². The van der Waals surface area contributed by atoms with Crippen molar-refractivity contribution in [3.8, 4) is 56.6 Å². The van der Waals surface area contributed by atoms with Crippen molar-refractivity contribution in [2.45, 2.75) is 92.9 Å². The fraction of sp³-hybridized carbons (Fsp3) is 0.327. The van der Waals surface area contributed by atoms with E-state index < -0.39 is 0 Å². The third kappa shape index (κ3) is 10.5. The standard InChI is InChI=1S/C53H56N2O2.C2H6/c1-5-9-11-38(7-3)36-56-48-27-19-43(20-28-48)45-23-31-52-50(33-45)51-34-46(44-21-29-49(30-22-44)57-37-39(8-4)12-10-6-2)24-32-53(51)55(52)47-25-17-42(18-26-47)41-15-13-40(35-54)14-16-41;1-2/h13-34,38-39H,5-12,36-37H2,1-4H3;1-2H3. The lowest BCUT2D eigenvalue weighted by Gasteiger charge is -2.15. The summed E-state index contributed by atoms with van der Waals surface area (Å²) in [4.78, 5) is 0. The Bertz CT molecular complexity index is 2280. The van der Waals surface area contributed by atoms with Crippen molar-refractivity contribution in [2.75, 3.05) is 13.2 Å². The summed E-state index contributed by atoms with van der Waals surface area (Å²) in [7, 11) is 0. The summed E-state index contributed by atoms with van der Waals surface area (Å²) in [6.07, 6.45) is 9.70. The average Bonchev–Trinajstić information content (AvgIpc) is 3.63. The van der Waals surface area contributed by atoms with Crippen LogP contribution in [0.1, 0.15) is 98.5 Å². The molecule has 0 saturated carbocycles. The molecule has 0 saturated heterocycles. The van der Waals surface area contributed by atoms with Crippen LogP contribution in [-0.4, -0.2) is 17.8 Å². The first-order valence-corrected chi connectivity index (χ1v) is 22.2. The topological polar surface area (TPSA) is 47.2 Å². The van der Waals surface area contributed by atoms with Gasteiger partial charge < -0.3 is 14.0 Å². The molecule has 6 aromatic carbocycles. The molecule has 2 unspecified atom stereocenters. The second-order valence-electron chi connectivity index (χ2n) is 15.5. The Kier molecular flexibility index (Phi) is 15.4. The molecule has 2 atom stereocenters. The van der Waals surface area contributed by atoms with Crippen molar-refractivity contribution in [3.63, 3.8) is 0 Å². The summed E-state index contributed by atoms with van der Waals surface area (Å²) in [5.41, 5.74) is 11.0. The number of aromatic nitrogens is 1. The summed E-state index contributed by atoms with van der Waals surface area (Å²) < 4.78 is 14.9. The first kappa shape index (κ1) is 42.8. The molecule has 304 valence electrons. The van der Waals surface area contributed by atoms with E-state index in [9.17, 15) is 5.26 Å². The third-order valence-corrected chi connectivity index (χ3v) is 11.7. The minimum Gasteiger partial charge on any atom is -0.493 e. The maximum atomic E-state index is 9.27. The van der Waals surface area contributed by atoms with E-state index in [1.165, 1.54) is 71.6 Å². The minimum absolute atomic E-state index is 0.599. The van der Waals surface area contributed by atoms with Crippen LogP contribution in [0.4, 0.5) is 0 Å². The van der Waals surface area contributed by atoms with Gasteiger partial charge in [-0.3, -0.25) is 0 Å². The number of rotatable bonds is 18. The summed E-state index contributed by atoms with van der Waals surface area (Å²) in [6.45, 7) is 14.6. The van der Waals surface area contributed by atoms with Crippen LogP contribution < -0.4 is 9.47 Å². The highest BCUT2D eigenvalue weighted by molar-refractivity contribution is 6.11. The molecule has 7 aromatic rings. The van der Waals surface area contributed by atoms with E-state index in [0.29, 0.717) is 17.4 Å². The van der Waals surface area contributed by atoms with Crippen LogP contribution in [0, 0.1) is 23.2 Å². The van der Waals surface area contributed by atoms with Gasteiger partial charge in [0.25, 0.3) is 0 Å². The number of fused-ring (bicyclic) bond motifs is 3. The number of unbranched alkanes of at least 4 members (excludes halogenated alkanes) is 2. The van der Waals surface area contributed by atoms with E-state index in [-0.39, 0.29) is 0 Å². The third-order valence-electron chi connectivity index (χ3n) is 11.7. The zero-order valence-electron chi connectivity index (χ0n) is 36.1. The lowest BCUT2D eigenvalue weighted by Crippen LogP contribution is -2.11. The second-order valence-corrected chi connectivity index (χ2v) is 15.5. The molecule has 0 radical (unpaired) electrons. The molecule has 0 aliphatic heterocycles. The molecular weight excluding hydrogens is 721 g/mol. The number of hydrogen-bond donors (Lipinski definition) is 0. The number of nitrogens with zero attached hydrogens (tertiary/aromatic N) is 2. The zero-order valence-corrected chi connectivity index (χ0v) is 36.1. The van der Waals surface area contributed by atoms with Gasteiger partial charge in [-0.1, -0.05) is 141 Å². The van der Waals surface area contributed by atoms with E-state index in [4.69, 9.17) is 9.47 Å². The summed E-state index contributed by atoms with van der Waals surface area (Å²) in [6, 6.07) is 49.6. The lowest BCUT2D eigenvalue weighted by atomic mass is 10.00. The summed E-state index contributed by atoms with van der Waals surface area (Å²) in [5.74, 6) is 3.06. The monoisotopic (exact) mass is 782 g/mol. The minimum atomic E-state index is 0.599. The molecule has 0 spiro atoms. The van der Waals surface area contributed by atoms with Crippen LogP contribution >= 0.6 is 0 Å². The van der Waals surface area contributed by atoms with Crippen LogP contribution in [0.3, 0.4) is 0 Å². The Hall–Kier alpha value is -5.79. The van der Waals surface area contributed by atoms with Crippen LogP contribution in [0.25, 0.3) is 60.9 Å². The van der Waals surface area contributed by atoms with E-state index in [1.807, 2.05) is 38.1 Å². The van der Waals surface area contributed by atoms with Gasteiger partial charge in [-0.25, -0.2) is 0 Å². The van der Waals surface area contributed by atoms with Crippen molar-refractivity contribution >= 4 is 21.8 Å². The fourth-order valence-electron chi connectivity index (χ4n) is 7.91. The molecular formula is C55H62N2O2. The smallest absolute Gasteiger partial charge is 0.119 e. The molecule has 0 aliphatic carbocycles. The van der Waals surface area contributed by atoms with Gasteiger partial charge in [0.05, 0.1) is 35.9 Å². The molecule has 59 heavy (non-hydrogen) atoms. The maximum absolute atomic E-state index is 9.27. The molecule has 4 heteroatoms. The van der Waals surface area contributed by atoms with E-state index >= 15 is 0 Å². The maximum Gasteiger partial charge on any atom is 0.119 e. The number of hydrogen-bond acceptors (Lipinski definition) is 3. The predicted octanol–water partition coefficient (Wildman–Crippen LogP) is 15.9. The predicted molar refractivity (Wildman–Crippen MR) is 251 cm³/mol. The number of ether oxygens (including phenoxy) is 2. The first-order valence-electron chi connectivity index (χ1n) is 22.2. The highest BCUT2D eigenvalue weighted by Gasteiger charge is 2.16. The molecule has 7 rings (SSSR count). The van der Waals surface area contributed by atoms with Crippen LogP contribution in [-0.2, 0) is 0 Å². The van der Waals surface area contributed by atoms with Gasteiger partial charge >= 0.3 is 0 Å². The fourth-order valence-corrected chi connectivity index (χ4v) is 7.91. The molecule has 0 amide bonds. The quantitative estimate of drug-likeness (QED) is 0.0871. The van der Waals surface area contributed by atoms with Crippen molar-refractivity contribution in [1.82, 2.24) is 4.57 Å². The molecule has 0 N–H and O–H groups in total. The van der Waals surface area contributed by atoms with Gasteiger partial charge in [-0.2, -0.15) is 5.26 Å². The number of benzene rings is 6. The Morgan fingerprint density at radius 1 is 0.492 bits per heavy atom. The van der Waals surface area contributed by atoms with Gasteiger partial charge in [-0.15, -0.1) is 0 Å². The van der Waals surface area contributed by atoms with Crippen molar-refractivity contribution in [3.05, 3.63) is 139 Å². The largest absolute Gasteiger partial charge is 0.493 e. The molecule has 4 nitrogen and oxygen atoms in total. The van der Waals surface area contributed by atoms with Gasteiger partial charge in [-0.05, 0) is 131 Å². The van der Waals surface area contributed by atoms with Crippen molar-refractivity contribution in [1.29, 1.82) is 5.26 Å². The van der Waals surface area contributed by atoms with Gasteiger partial charge in [0.1, 0.15) is 11.5 Å². The number of nitriles is 1.